The first-order valence-electron chi connectivity index (χ1n) is 7.36. The Hall–Kier alpha value is -1.69. The molecule has 0 bridgehead atoms. The highest BCUT2D eigenvalue weighted by Crippen LogP contribution is 2.24. The van der Waals surface area contributed by atoms with Gasteiger partial charge in [0, 0.05) is 19.3 Å². The van der Waals surface area contributed by atoms with Crippen molar-refractivity contribution in [1.82, 2.24) is 19.3 Å². The molecular weight excluding hydrogens is 284 g/mol. The summed E-state index contributed by atoms with van der Waals surface area (Å²) in [5, 5.41) is 7.12. The summed E-state index contributed by atoms with van der Waals surface area (Å²) >= 11 is 5.30. The standard InChI is InChI=1S/C15H20N4OS/c1-9(2)8-19-13(16-17-15(19)21)11-7-10-5-4-6-12(10)18(3)14(11)20/h7,9H,4-6,8H2,1-3H3,(H,17,21). The number of H-pyrrole nitrogens is 1. The molecule has 0 fully saturated rings. The van der Waals surface area contributed by atoms with Gasteiger partial charge in [-0.2, -0.15) is 5.10 Å². The maximum Gasteiger partial charge on any atom is 0.261 e. The number of hydrogen-bond acceptors (Lipinski definition) is 3. The Morgan fingerprint density at radius 1 is 1.43 bits per heavy atom. The summed E-state index contributed by atoms with van der Waals surface area (Å²) in [6, 6.07) is 2.01. The van der Waals surface area contributed by atoms with Gasteiger partial charge in [0.2, 0.25) is 0 Å². The van der Waals surface area contributed by atoms with Crippen molar-refractivity contribution in [3.05, 3.63) is 32.4 Å². The molecule has 0 aliphatic heterocycles. The number of aryl methyl sites for hydroxylation is 1. The maximum atomic E-state index is 12.6. The minimum atomic E-state index is 0.00894. The highest BCUT2D eigenvalue weighted by atomic mass is 32.1. The van der Waals surface area contributed by atoms with Crippen molar-refractivity contribution in [3.63, 3.8) is 0 Å². The molecule has 112 valence electrons. The van der Waals surface area contributed by atoms with Gasteiger partial charge in [0.05, 0.1) is 5.56 Å². The smallest absolute Gasteiger partial charge is 0.261 e. The second kappa shape index (κ2) is 5.26. The molecule has 0 spiro atoms. The van der Waals surface area contributed by atoms with Crippen molar-refractivity contribution in [2.24, 2.45) is 13.0 Å². The van der Waals surface area contributed by atoms with Gasteiger partial charge in [-0.25, -0.2) is 0 Å². The molecule has 0 amide bonds. The average Bonchev–Trinajstić information content (AvgIpc) is 3.02. The van der Waals surface area contributed by atoms with Crippen molar-refractivity contribution in [2.45, 2.75) is 39.7 Å². The Morgan fingerprint density at radius 2 is 2.19 bits per heavy atom. The predicted molar refractivity (Wildman–Crippen MR) is 85.0 cm³/mol. The van der Waals surface area contributed by atoms with Crippen molar-refractivity contribution in [1.29, 1.82) is 0 Å². The Kier molecular flexibility index (Phi) is 3.57. The van der Waals surface area contributed by atoms with Crippen molar-refractivity contribution in [2.75, 3.05) is 0 Å². The summed E-state index contributed by atoms with van der Waals surface area (Å²) in [6.07, 6.45) is 3.14. The van der Waals surface area contributed by atoms with Gasteiger partial charge in [0.1, 0.15) is 0 Å². The van der Waals surface area contributed by atoms with Crippen LogP contribution in [0.1, 0.15) is 31.5 Å². The minimum absolute atomic E-state index is 0.00894. The van der Waals surface area contributed by atoms with E-state index in [1.807, 2.05) is 17.7 Å². The highest BCUT2D eigenvalue weighted by molar-refractivity contribution is 7.71. The molecule has 0 atom stereocenters. The number of hydrogen-bond donors (Lipinski definition) is 1. The number of nitrogens with zero attached hydrogens (tertiary/aromatic N) is 3. The summed E-state index contributed by atoms with van der Waals surface area (Å²) in [6.45, 7) is 5.00. The molecule has 1 aliphatic carbocycles. The van der Waals surface area contributed by atoms with E-state index < -0.39 is 0 Å². The normalized spacial score (nSPS) is 13.9. The van der Waals surface area contributed by atoms with E-state index in [0.717, 1.165) is 31.5 Å². The van der Waals surface area contributed by atoms with Crippen LogP contribution in [0.2, 0.25) is 0 Å². The largest absolute Gasteiger partial charge is 0.315 e. The SMILES string of the molecule is CC(C)Cn1c(-c2cc3c(n(C)c2=O)CCC3)n[nH]c1=S. The summed E-state index contributed by atoms with van der Waals surface area (Å²) in [5.74, 6) is 1.09. The zero-order chi connectivity index (χ0) is 15.1. The molecule has 5 nitrogen and oxygen atoms in total. The van der Waals surface area contributed by atoms with Gasteiger partial charge in [-0.1, -0.05) is 13.8 Å². The number of nitrogens with one attached hydrogen (secondary N) is 1. The first kappa shape index (κ1) is 14.3. The number of aromatic nitrogens is 4. The number of pyridine rings is 1. The number of aromatic amines is 1. The highest BCUT2D eigenvalue weighted by Gasteiger charge is 2.21. The van der Waals surface area contributed by atoms with Crippen LogP contribution in [0.15, 0.2) is 10.9 Å². The van der Waals surface area contributed by atoms with Gasteiger partial charge in [-0.05, 0) is 49.0 Å². The lowest BCUT2D eigenvalue weighted by Gasteiger charge is -2.12. The molecule has 21 heavy (non-hydrogen) atoms. The van der Waals surface area contributed by atoms with Crippen LogP contribution >= 0.6 is 12.2 Å². The molecule has 2 heterocycles. The van der Waals surface area contributed by atoms with Gasteiger partial charge < -0.3 is 4.57 Å². The van der Waals surface area contributed by atoms with Gasteiger partial charge in [0.15, 0.2) is 10.6 Å². The monoisotopic (exact) mass is 304 g/mol. The van der Waals surface area contributed by atoms with E-state index in [1.54, 1.807) is 4.57 Å². The zero-order valence-electron chi connectivity index (χ0n) is 12.6. The molecule has 0 radical (unpaired) electrons. The van der Waals surface area contributed by atoms with Crippen LogP contribution in [0, 0.1) is 10.7 Å². The summed E-state index contributed by atoms with van der Waals surface area (Å²) < 4.78 is 4.27. The van der Waals surface area contributed by atoms with Crippen molar-refractivity contribution < 1.29 is 0 Å². The second-order valence-corrected chi connectivity index (χ2v) is 6.49. The third kappa shape index (κ3) is 2.37. The number of fused-ring (bicyclic) bond motifs is 1. The maximum absolute atomic E-state index is 12.6. The van der Waals surface area contributed by atoms with Gasteiger partial charge in [0.25, 0.3) is 5.56 Å². The van der Waals surface area contributed by atoms with Crippen LogP contribution in [-0.2, 0) is 26.4 Å². The number of rotatable bonds is 3. The quantitative estimate of drug-likeness (QED) is 0.886. The average molecular weight is 304 g/mol. The molecule has 6 heteroatoms. The van der Waals surface area contributed by atoms with Gasteiger partial charge in [-0.15, -0.1) is 0 Å². The Bertz CT molecular complexity index is 797. The Balaban J connectivity index is 2.21. The summed E-state index contributed by atoms with van der Waals surface area (Å²) in [4.78, 5) is 12.6. The second-order valence-electron chi connectivity index (χ2n) is 6.10. The van der Waals surface area contributed by atoms with Crippen LogP contribution in [0.3, 0.4) is 0 Å². The molecule has 3 rings (SSSR count). The van der Waals surface area contributed by atoms with Crippen molar-refractivity contribution in [3.8, 4) is 11.4 Å². The molecule has 0 saturated carbocycles. The van der Waals surface area contributed by atoms with Gasteiger partial charge >= 0.3 is 0 Å². The third-order valence-electron chi connectivity index (χ3n) is 4.04. The molecule has 2 aromatic heterocycles. The first-order chi connectivity index (χ1) is 9.99. The van der Waals surface area contributed by atoms with Crippen LogP contribution in [0.25, 0.3) is 11.4 Å². The third-order valence-corrected chi connectivity index (χ3v) is 4.35. The molecule has 1 aliphatic rings. The van der Waals surface area contributed by atoms with Crippen LogP contribution in [0.4, 0.5) is 0 Å². The molecule has 2 aromatic rings. The van der Waals surface area contributed by atoms with E-state index in [0.29, 0.717) is 22.1 Å². The van der Waals surface area contributed by atoms with Crippen molar-refractivity contribution >= 4 is 12.2 Å². The van der Waals surface area contributed by atoms with Crippen LogP contribution < -0.4 is 5.56 Å². The van der Waals surface area contributed by atoms with E-state index in [2.05, 4.69) is 24.0 Å². The summed E-state index contributed by atoms with van der Waals surface area (Å²) in [7, 11) is 1.85. The lowest BCUT2D eigenvalue weighted by Crippen LogP contribution is -2.23. The first-order valence-corrected chi connectivity index (χ1v) is 7.77. The fraction of sp³-hybridized carbons (Fsp3) is 0.533. The van der Waals surface area contributed by atoms with Gasteiger partial charge in [-0.3, -0.25) is 14.5 Å². The van der Waals surface area contributed by atoms with E-state index in [1.165, 1.54) is 5.56 Å². The summed E-state index contributed by atoms with van der Waals surface area (Å²) in [5.41, 5.74) is 3.08. The molecule has 0 saturated heterocycles. The topological polar surface area (TPSA) is 55.6 Å². The molecule has 1 N–H and O–H groups in total. The van der Waals surface area contributed by atoms with E-state index in [-0.39, 0.29) is 5.56 Å². The van der Waals surface area contributed by atoms with E-state index in [9.17, 15) is 4.79 Å². The Morgan fingerprint density at radius 3 is 2.90 bits per heavy atom. The van der Waals surface area contributed by atoms with Crippen LogP contribution in [-0.4, -0.2) is 19.3 Å². The minimum Gasteiger partial charge on any atom is -0.315 e. The van der Waals surface area contributed by atoms with E-state index in [4.69, 9.17) is 12.2 Å². The molecular formula is C15H20N4OS. The fourth-order valence-electron chi connectivity index (χ4n) is 3.05. The zero-order valence-corrected chi connectivity index (χ0v) is 13.5. The lowest BCUT2D eigenvalue weighted by atomic mass is 10.1. The lowest BCUT2D eigenvalue weighted by molar-refractivity contribution is 0.521. The van der Waals surface area contributed by atoms with Crippen LogP contribution in [0.5, 0.6) is 0 Å². The molecule has 0 unspecified atom stereocenters. The Labute approximate surface area is 128 Å². The van der Waals surface area contributed by atoms with E-state index >= 15 is 0 Å². The fourth-order valence-corrected chi connectivity index (χ4v) is 3.25. The predicted octanol–water partition coefficient (Wildman–Crippen LogP) is 2.45. The molecule has 0 aromatic carbocycles.